The number of anilines is 2. The fraction of sp³-hybridized carbons (Fsp3) is 0.385. The van der Waals surface area contributed by atoms with E-state index in [0.717, 1.165) is 29.1 Å². The molecule has 1 heterocycles. The van der Waals surface area contributed by atoms with Gasteiger partial charge in [0.2, 0.25) is 11.8 Å². The van der Waals surface area contributed by atoms with E-state index in [-0.39, 0.29) is 11.8 Å². The van der Waals surface area contributed by atoms with Gasteiger partial charge in [0.15, 0.2) is 0 Å². The van der Waals surface area contributed by atoms with Crippen LogP contribution in [-0.4, -0.2) is 17.6 Å². The van der Waals surface area contributed by atoms with E-state index in [1.54, 1.807) is 0 Å². The minimum Gasteiger partial charge on any atom is -0.326 e. The number of carbonyl (C=O) groups excluding carboxylic acids is 2. The van der Waals surface area contributed by atoms with Crippen LogP contribution in [0.3, 0.4) is 0 Å². The molecule has 0 aliphatic carbocycles. The van der Waals surface area contributed by atoms with Crippen molar-refractivity contribution in [3.63, 3.8) is 0 Å². The van der Waals surface area contributed by atoms with Crippen molar-refractivity contribution in [1.82, 2.24) is 0 Å². The maximum Gasteiger partial charge on any atom is 0.234 e. The van der Waals surface area contributed by atoms with Gasteiger partial charge in [0.1, 0.15) is 0 Å². The van der Waals surface area contributed by atoms with Crippen molar-refractivity contribution in [1.29, 1.82) is 0 Å². The zero-order valence-electron chi connectivity index (χ0n) is 10.3. The number of benzene rings is 1. The molecule has 2 amide bonds. The van der Waals surface area contributed by atoms with Crippen molar-refractivity contribution in [3.8, 4) is 0 Å². The first-order chi connectivity index (χ1) is 8.69. The largest absolute Gasteiger partial charge is 0.326 e. The van der Waals surface area contributed by atoms with Gasteiger partial charge in [0.25, 0.3) is 0 Å². The highest BCUT2D eigenvalue weighted by Gasteiger charge is 2.15. The third kappa shape index (κ3) is 3.26. The van der Waals surface area contributed by atoms with Crippen LogP contribution >= 0.6 is 11.8 Å². The first-order valence-corrected chi connectivity index (χ1v) is 7.04. The minimum absolute atomic E-state index is 0.00181. The van der Waals surface area contributed by atoms with E-state index < -0.39 is 0 Å². The second kappa shape index (κ2) is 5.91. The Morgan fingerprint density at radius 1 is 1.50 bits per heavy atom. The SMILES string of the molecule is CCCCC(=O)Nc1ccc2c(c1)NC(=O)CS2. The van der Waals surface area contributed by atoms with E-state index in [1.807, 2.05) is 18.2 Å². The molecule has 96 valence electrons. The van der Waals surface area contributed by atoms with Crippen LogP contribution in [0.15, 0.2) is 23.1 Å². The van der Waals surface area contributed by atoms with Crippen LogP contribution < -0.4 is 10.6 Å². The molecule has 0 bridgehead atoms. The second-order valence-electron chi connectivity index (χ2n) is 4.20. The fourth-order valence-electron chi connectivity index (χ4n) is 1.72. The van der Waals surface area contributed by atoms with E-state index in [4.69, 9.17) is 0 Å². The molecule has 1 aliphatic heterocycles. The number of thioether (sulfide) groups is 1. The Morgan fingerprint density at radius 3 is 3.11 bits per heavy atom. The molecule has 1 aromatic carbocycles. The molecule has 0 spiro atoms. The van der Waals surface area contributed by atoms with Gasteiger partial charge >= 0.3 is 0 Å². The summed E-state index contributed by atoms with van der Waals surface area (Å²) in [5.41, 5.74) is 1.52. The van der Waals surface area contributed by atoms with Gasteiger partial charge in [-0.1, -0.05) is 13.3 Å². The maximum absolute atomic E-state index is 11.6. The van der Waals surface area contributed by atoms with E-state index in [2.05, 4.69) is 17.6 Å². The number of hydrogen-bond donors (Lipinski definition) is 2. The molecule has 2 rings (SSSR count). The molecule has 18 heavy (non-hydrogen) atoms. The molecule has 0 radical (unpaired) electrons. The Kier molecular flexibility index (Phi) is 4.25. The molecule has 5 heteroatoms. The highest BCUT2D eigenvalue weighted by molar-refractivity contribution is 8.00. The van der Waals surface area contributed by atoms with Gasteiger partial charge in [0, 0.05) is 17.0 Å². The van der Waals surface area contributed by atoms with Crippen molar-refractivity contribution < 1.29 is 9.59 Å². The number of amides is 2. The van der Waals surface area contributed by atoms with Gasteiger partial charge in [-0.2, -0.15) is 0 Å². The molecular weight excluding hydrogens is 248 g/mol. The topological polar surface area (TPSA) is 58.2 Å². The highest BCUT2D eigenvalue weighted by Crippen LogP contribution is 2.33. The molecule has 0 fully saturated rings. The van der Waals surface area contributed by atoms with E-state index in [0.29, 0.717) is 12.2 Å². The van der Waals surface area contributed by atoms with Crippen LogP contribution in [0, 0.1) is 0 Å². The number of fused-ring (bicyclic) bond motifs is 1. The zero-order chi connectivity index (χ0) is 13.0. The fourth-order valence-corrected chi connectivity index (χ4v) is 2.51. The Labute approximate surface area is 111 Å². The van der Waals surface area contributed by atoms with Crippen molar-refractivity contribution in [2.75, 3.05) is 16.4 Å². The van der Waals surface area contributed by atoms with E-state index in [9.17, 15) is 9.59 Å². The molecular formula is C13H16N2O2S. The summed E-state index contributed by atoms with van der Waals surface area (Å²) in [6, 6.07) is 5.60. The Hall–Kier alpha value is -1.49. The summed E-state index contributed by atoms with van der Waals surface area (Å²) in [6.07, 6.45) is 2.43. The first kappa shape index (κ1) is 13.0. The summed E-state index contributed by atoms with van der Waals surface area (Å²) in [5.74, 6) is 0.475. The molecule has 1 aliphatic rings. The van der Waals surface area contributed by atoms with Crippen molar-refractivity contribution in [2.24, 2.45) is 0 Å². The van der Waals surface area contributed by atoms with Crippen LogP contribution in [0.4, 0.5) is 11.4 Å². The van der Waals surface area contributed by atoms with Crippen LogP contribution in [0.2, 0.25) is 0 Å². The predicted molar refractivity (Wildman–Crippen MR) is 74.0 cm³/mol. The predicted octanol–water partition coefficient (Wildman–Crippen LogP) is 2.86. The van der Waals surface area contributed by atoms with Crippen LogP contribution in [0.1, 0.15) is 26.2 Å². The highest BCUT2D eigenvalue weighted by atomic mass is 32.2. The lowest BCUT2D eigenvalue weighted by Gasteiger charge is -2.17. The Balaban J connectivity index is 2.04. The molecule has 0 saturated carbocycles. The number of rotatable bonds is 4. The Bertz CT molecular complexity index is 474. The Morgan fingerprint density at radius 2 is 2.33 bits per heavy atom. The average molecular weight is 264 g/mol. The van der Waals surface area contributed by atoms with Gasteiger partial charge in [-0.05, 0) is 24.6 Å². The minimum atomic E-state index is 0.00181. The normalized spacial score (nSPS) is 13.7. The number of carbonyl (C=O) groups is 2. The molecule has 0 saturated heterocycles. The van der Waals surface area contributed by atoms with Crippen molar-refractivity contribution in [3.05, 3.63) is 18.2 Å². The molecule has 0 aromatic heterocycles. The van der Waals surface area contributed by atoms with E-state index in [1.165, 1.54) is 11.8 Å². The number of unbranched alkanes of at least 4 members (excludes halogenated alkanes) is 1. The monoisotopic (exact) mass is 264 g/mol. The second-order valence-corrected chi connectivity index (χ2v) is 5.22. The lowest BCUT2D eigenvalue weighted by atomic mass is 10.2. The summed E-state index contributed by atoms with van der Waals surface area (Å²) >= 11 is 1.51. The van der Waals surface area contributed by atoms with Gasteiger partial charge in [-0.3, -0.25) is 9.59 Å². The van der Waals surface area contributed by atoms with Gasteiger partial charge < -0.3 is 10.6 Å². The smallest absolute Gasteiger partial charge is 0.234 e. The lowest BCUT2D eigenvalue weighted by molar-refractivity contribution is -0.116. The van der Waals surface area contributed by atoms with Gasteiger partial charge in [-0.25, -0.2) is 0 Å². The molecule has 0 atom stereocenters. The maximum atomic E-state index is 11.6. The average Bonchev–Trinajstić information content (AvgIpc) is 2.36. The summed E-state index contributed by atoms with van der Waals surface area (Å²) in [7, 11) is 0. The van der Waals surface area contributed by atoms with Gasteiger partial charge in [-0.15, -0.1) is 11.8 Å². The summed E-state index contributed by atoms with van der Waals surface area (Å²) in [4.78, 5) is 23.9. The van der Waals surface area contributed by atoms with Gasteiger partial charge in [0.05, 0.1) is 11.4 Å². The quantitative estimate of drug-likeness (QED) is 0.879. The van der Waals surface area contributed by atoms with Crippen LogP contribution in [0.25, 0.3) is 0 Å². The van der Waals surface area contributed by atoms with Crippen molar-refractivity contribution >= 4 is 35.0 Å². The number of nitrogens with one attached hydrogen (secondary N) is 2. The molecule has 4 nitrogen and oxygen atoms in total. The van der Waals surface area contributed by atoms with Crippen molar-refractivity contribution in [2.45, 2.75) is 31.1 Å². The molecule has 2 N–H and O–H groups in total. The summed E-state index contributed by atoms with van der Waals surface area (Å²) < 4.78 is 0. The van der Waals surface area contributed by atoms with Crippen LogP contribution in [-0.2, 0) is 9.59 Å². The third-order valence-electron chi connectivity index (χ3n) is 2.65. The summed E-state index contributed by atoms with van der Waals surface area (Å²) in [6.45, 7) is 2.05. The molecule has 0 unspecified atom stereocenters. The molecule has 1 aromatic rings. The standard InChI is InChI=1S/C13H16N2O2S/c1-2-3-4-12(16)14-9-5-6-11-10(7-9)15-13(17)8-18-11/h5-7H,2-4,8H2,1H3,(H,14,16)(H,15,17). The van der Waals surface area contributed by atoms with Crippen LogP contribution in [0.5, 0.6) is 0 Å². The summed E-state index contributed by atoms with van der Waals surface area (Å²) in [5, 5.41) is 5.65. The van der Waals surface area contributed by atoms with E-state index >= 15 is 0 Å². The first-order valence-electron chi connectivity index (χ1n) is 6.05. The number of hydrogen-bond acceptors (Lipinski definition) is 3. The zero-order valence-corrected chi connectivity index (χ0v) is 11.1. The lowest BCUT2D eigenvalue weighted by Crippen LogP contribution is -2.19. The third-order valence-corrected chi connectivity index (χ3v) is 3.73.